The summed E-state index contributed by atoms with van der Waals surface area (Å²) in [6.45, 7) is 3.09. The molecule has 0 fully saturated rings. The molecule has 0 saturated heterocycles. The van der Waals surface area contributed by atoms with E-state index in [2.05, 4.69) is 83.5 Å². The highest BCUT2D eigenvalue weighted by atomic mass is 79.9. The lowest BCUT2D eigenvalue weighted by Crippen LogP contribution is -2.42. The summed E-state index contributed by atoms with van der Waals surface area (Å²) in [5.74, 6) is 0. The van der Waals surface area contributed by atoms with E-state index >= 15 is 0 Å². The molecule has 2 aromatic carbocycles. The Morgan fingerprint density at radius 1 is 0.826 bits per heavy atom. The van der Waals surface area contributed by atoms with Crippen LogP contribution in [-0.4, -0.2) is 19.9 Å². The molecule has 0 aromatic heterocycles. The molecule has 0 atom stereocenters. The zero-order valence-corrected chi connectivity index (χ0v) is 16.6. The Morgan fingerprint density at radius 3 is 1.70 bits per heavy atom. The van der Waals surface area contributed by atoms with Crippen molar-refractivity contribution in [2.24, 2.45) is 0 Å². The van der Waals surface area contributed by atoms with Crippen LogP contribution in [0.15, 0.2) is 60.7 Å². The van der Waals surface area contributed by atoms with Gasteiger partial charge in [0.25, 0.3) is 0 Å². The van der Waals surface area contributed by atoms with Gasteiger partial charge in [0.1, 0.15) is 0 Å². The van der Waals surface area contributed by atoms with Crippen molar-refractivity contribution in [3.05, 3.63) is 71.8 Å². The number of halogens is 1. The van der Waals surface area contributed by atoms with Gasteiger partial charge in [0.05, 0.1) is 0 Å². The fraction of sp³-hybridized carbons (Fsp3) is 0.400. The minimum absolute atomic E-state index is 0.890. The molecule has 3 heteroatoms. The van der Waals surface area contributed by atoms with Crippen molar-refractivity contribution in [2.45, 2.75) is 38.3 Å². The SMILES string of the molecule is CCCO[Si](CBr)(CCc1ccccc1)CCc1ccccc1. The smallest absolute Gasteiger partial charge is 0.203 e. The van der Waals surface area contributed by atoms with Gasteiger partial charge in [0.2, 0.25) is 8.32 Å². The quantitative estimate of drug-likeness (QED) is 0.369. The highest BCUT2D eigenvalue weighted by Crippen LogP contribution is 2.25. The topological polar surface area (TPSA) is 9.23 Å². The molecular formula is C20H27BrOSi. The second-order valence-electron chi connectivity index (χ2n) is 6.14. The molecule has 23 heavy (non-hydrogen) atoms. The summed E-state index contributed by atoms with van der Waals surface area (Å²) >= 11 is 3.79. The van der Waals surface area contributed by atoms with Gasteiger partial charge in [-0.1, -0.05) is 83.5 Å². The van der Waals surface area contributed by atoms with Crippen molar-refractivity contribution >= 4 is 24.2 Å². The summed E-state index contributed by atoms with van der Waals surface area (Å²) in [7, 11) is -1.74. The van der Waals surface area contributed by atoms with Crippen LogP contribution >= 0.6 is 15.9 Å². The molecule has 0 bridgehead atoms. The van der Waals surface area contributed by atoms with E-state index in [9.17, 15) is 0 Å². The second-order valence-corrected chi connectivity index (χ2v) is 11.7. The van der Waals surface area contributed by atoms with Crippen LogP contribution in [0.4, 0.5) is 0 Å². The third kappa shape index (κ3) is 6.25. The highest BCUT2D eigenvalue weighted by molar-refractivity contribution is 9.09. The Labute approximate surface area is 150 Å². The first-order valence-electron chi connectivity index (χ1n) is 8.56. The average Bonchev–Trinajstić information content (AvgIpc) is 2.63. The standard InChI is InChI=1S/C20H27BrOSi/c1-2-15-22-23(18-21,16-13-19-9-5-3-6-10-19)17-14-20-11-7-4-8-12-20/h3-12H,2,13-18H2,1H3. The predicted octanol–water partition coefficient (Wildman–Crippen LogP) is 5.78. The van der Waals surface area contributed by atoms with Gasteiger partial charge in [0.15, 0.2) is 0 Å². The minimum atomic E-state index is -1.74. The van der Waals surface area contributed by atoms with E-state index < -0.39 is 8.32 Å². The lowest BCUT2D eigenvalue weighted by atomic mass is 10.2. The van der Waals surface area contributed by atoms with E-state index in [1.807, 2.05) is 0 Å². The van der Waals surface area contributed by atoms with Crippen molar-refractivity contribution in [1.29, 1.82) is 0 Å². The molecule has 0 saturated carbocycles. The van der Waals surface area contributed by atoms with Crippen LogP contribution in [0.2, 0.25) is 12.1 Å². The molecule has 0 amide bonds. The number of alkyl halides is 1. The van der Waals surface area contributed by atoms with Crippen molar-refractivity contribution in [2.75, 3.05) is 11.6 Å². The predicted molar refractivity (Wildman–Crippen MR) is 106 cm³/mol. The zero-order chi connectivity index (χ0) is 16.4. The Balaban J connectivity index is 2.01. The van der Waals surface area contributed by atoms with E-state index in [4.69, 9.17) is 4.43 Å². The summed E-state index contributed by atoms with van der Waals surface area (Å²) in [5.41, 5.74) is 2.84. The van der Waals surface area contributed by atoms with Crippen LogP contribution in [0.25, 0.3) is 0 Å². The van der Waals surface area contributed by atoms with E-state index in [0.29, 0.717) is 0 Å². The van der Waals surface area contributed by atoms with Crippen molar-refractivity contribution in [1.82, 2.24) is 0 Å². The van der Waals surface area contributed by atoms with Crippen molar-refractivity contribution in [3.8, 4) is 0 Å². The number of rotatable bonds is 10. The van der Waals surface area contributed by atoms with Crippen molar-refractivity contribution < 1.29 is 4.43 Å². The molecule has 0 aliphatic heterocycles. The molecular weight excluding hydrogens is 364 g/mol. The highest BCUT2D eigenvalue weighted by Gasteiger charge is 2.33. The van der Waals surface area contributed by atoms with Gasteiger partial charge < -0.3 is 4.43 Å². The summed E-state index contributed by atoms with van der Waals surface area (Å²) < 4.78 is 6.46. The van der Waals surface area contributed by atoms with Gasteiger partial charge in [-0.05, 0) is 42.5 Å². The molecule has 0 aliphatic carbocycles. The molecule has 2 aromatic rings. The molecule has 2 rings (SSSR count). The van der Waals surface area contributed by atoms with Crippen LogP contribution in [0.5, 0.6) is 0 Å². The third-order valence-corrected chi connectivity index (χ3v) is 11.0. The van der Waals surface area contributed by atoms with Gasteiger partial charge >= 0.3 is 0 Å². The van der Waals surface area contributed by atoms with Gasteiger partial charge in [-0.2, -0.15) is 0 Å². The maximum Gasteiger partial charge on any atom is 0.203 e. The first-order valence-corrected chi connectivity index (χ1v) is 12.2. The second kappa shape index (κ2) is 10.1. The molecule has 1 nitrogen and oxygen atoms in total. The molecule has 0 heterocycles. The van der Waals surface area contributed by atoms with Gasteiger partial charge in [-0.3, -0.25) is 0 Å². The summed E-state index contributed by atoms with van der Waals surface area (Å²) in [5, 5.41) is 0. The van der Waals surface area contributed by atoms with Crippen LogP contribution in [-0.2, 0) is 17.3 Å². The first kappa shape index (κ1) is 18.4. The fourth-order valence-electron chi connectivity index (χ4n) is 2.79. The largest absolute Gasteiger partial charge is 0.416 e. The van der Waals surface area contributed by atoms with E-state index in [0.717, 1.165) is 30.8 Å². The Morgan fingerprint density at radius 2 is 1.30 bits per heavy atom. The van der Waals surface area contributed by atoms with Gasteiger partial charge in [-0.25, -0.2) is 0 Å². The monoisotopic (exact) mass is 390 g/mol. The maximum atomic E-state index is 6.46. The number of hydrogen-bond acceptors (Lipinski definition) is 1. The molecule has 0 aliphatic rings. The van der Waals surface area contributed by atoms with Crippen molar-refractivity contribution in [3.63, 3.8) is 0 Å². The van der Waals surface area contributed by atoms with Crippen LogP contribution in [0.3, 0.4) is 0 Å². The maximum absolute atomic E-state index is 6.46. The van der Waals surface area contributed by atoms with Crippen LogP contribution in [0.1, 0.15) is 24.5 Å². The molecule has 0 N–H and O–H groups in total. The Bertz CT molecular complexity index is 501. The first-order chi connectivity index (χ1) is 11.3. The summed E-state index contributed by atoms with van der Waals surface area (Å²) in [6.07, 6.45) is 3.34. The van der Waals surface area contributed by atoms with Crippen LogP contribution < -0.4 is 0 Å². The molecule has 0 unspecified atom stereocenters. The summed E-state index contributed by atoms with van der Waals surface area (Å²) in [6, 6.07) is 24.0. The van der Waals surface area contributed by atoms with E-state index in [-0.39, 0.29) is 0 Å². The number of benzene rings is 2. The number of aryl methyl sites for hydroxylation is 2. The van der Waals surface area contributed by atoms with Crippen LogP contribution in [0, 0.1) is 0 Å². The van der Waals surface area contributed by atoms with E-state index in [1.165, 1.54) is 23.2 Å². The van der Waals surface area contributed by atoms with E-state index in [1.54, 1.807) is 0 Å². The lowest BCUT2D eigenvalue weighted by Gasteiger charge is -2.30. The zero-order valence-electron chi connectivity index (χ0n) is 14.0. The lowest BCUT2D eigenvalue weighted by molar-refractivity contribution is 0.301. The minimum Gasteiger partial charge on any atom is -0.416 e. The molecule has 124 valence electrons. The third-order valence-electron chi connectivity index (χ3n) is 4.28. The van der Waals surface area contributed by atoms with Gasteiger partial charge in [0, 0.05) is 11.6 Å². The molecule has 0 spiro atoms. The number of hydrogen-bond donors (Lipinski definition) is 0. The Kier molecular flexibility index (Phi) is 8.07. The molecule has 0 radical (unpaired) electrons. The Hall–Kier alpha value is -0.903. The fourth-order valence-corrected chi connectivity index (χ4v) is 7.97. The van der Waals surface area contributed by atoms with Gasteiger partial charge in [-0.15, -0.1) is 0 Å². The summed E-state index contributed by atoms with van der Waals surface area (Å²) in [4.78, 5) is 1.03. The normalized spacial score (nSPS) is 11.6. The average molecular weight is 391 g/mol.